The number of primary amides is 1. The Balaban J connectivity index is 0.000000212. The number of ether oxygens (including phenoxy) is 1. The van der Waals surface area contributed by atoms with Crippen LogP contribution in [0.25, 0.3) is 22.5 Å². The number of amides is 1. The molecule has 0 radical (unpaired) electrons. The lowest BCUT2D eigenvalue weighted by Gasteiger charge is -2.08. The number of carbonyl (C=O) groups is 1. The molecule has 0 saturated carbocycles. The Morgan fingerprint density at radius 2 is 1.36 bits per heavy atom. The van der Waals surface area contributed by atoms with Crippen molar-refractivity contribution in [2.75, 3.05) is 0 Å². The van der Waals surface area contributed by atoms with E-state index >= 15 is 0 Å². The van der Waals surface area contributed by atoms with Gasteiger partial charge >= 0.3 is 0 Å². The first-order valence-electron chi connectivity index (χ1n) is 11.7. The summed E-state index contributed by atoms with van der Waals surface area (Å²) in [4.78, 5) is 20.1. The Kier molecular flexibility index (Phi) is 9.55. The number of carbonyl (C=O) groups excluding carboxylic acids is 1. The molecule has 0 aliphatic heterocycles. The van der Waals surface area contributed by atoms with Crippen molar-refractivity contribution < 1.29 is 18.3 Å². The van der Waals surface area contributed by atoms with Crippen LogP contribution in [0, 0.1) is 25.5 Å². The third kappa shape index (κ3) is 7.35. The first-order valence-corrected chi connectivity index (χ1v) is 14.6. The second-order valence-electron chi connectivity index (χ2n) is 8.51. The van der Waals surface area contributed by atoms with E-state index in [-0.39, 0.29) is 12.4 Å². The van der Waals surface area contributed by atoms with Crippen LogP contribution in [0.1, 0.15) is 31.5 Å². The van der Waals surface area contributed by atoms with Gasteiger partial charge in [-0.25, -0.2) is 18.7 Å². The van der Waals surface area contributed by atoms with Gasteiger partial charge in [-0.2, -0.15) is 0 Å². The molecule has 1 amide bonds. The number of benzene rings is 3. The minimum atomic E-state index is -1.18. The van der Waals surface area contributed by atoms with E-state index in [2.05, 4.69) is 62.5 Å². The van der Waals surface area contributed by atoms with Crippen LogP contribution in [0.5, 0.6) is 5.75 Å². The third-order valence-corrected chi connectivity index (χ3v) is 8.14. The SMILES string of the molecule is Cc1ccc(-c2csc(CBr)n2)cc1.Cc1ccc(-c2csc(COc3ccc(F)c(C(N)=O)c3F)n2)cc1. The molecule has 5 nitrogen and oxygen atoms in total. The van der Waals surface area contributed by atoms with Crippen molar-refractivity contribution in [3.05, 3.63) is 110 Å². The number of rotatable bonds is 7. The molecule has 0 atom stereocenters. The Bertz CT molecular complexity index is 1570. The number of thiazole rings is 2. The Morgan fingerprint density at radius 3 is 1.85 bits per heavy atom. The number of nitrogens with two attached hydrogens (primary N) is 1. The summed E-state index contributed by atoms with van der Waals surface area (Å²) >= 11 is 6.46. The van der Waals surface area contributed by atoms with Gasteiger partial charge in [0, 0.05) is 21.9 Å². The molecule has 5 aromatic rings. The van der Waals surface area contributed by atoms with E-state index in [0.29, 0.717) is 5.01 Å². The monoisotopic (exact) mass is 627 g/mol. The predicted molar refractivity (Wildman–Crippen MR) is 156 cm³/mol. The van der Waals surface area contributed by atoms with Crippen LogP contribution in [0.3, 0.4) is 0 Å². The van der Waals surface area contributed by atoms with Crippen LogP contribution < -0.4 is 10.5 Å². The van der Waals surface area contributed by atoms with Gasteiger partial charge < -0.3 is 10.5 Å². The predicted octanol–water partition coefficient (Wildman–Crippen LogP) is 8.09. The second kappa shape index (κ2) is 13.1. The minimum Gasteiger partial charge on any atom is -0.483 e. The molecule has 0 saturated heterocycles. The van der Waals surface area contributed by atoms with Crippen molar-refractivity contribution in [2.45, 2.75) is 25.8 Å². The van der Waals surface area contributed by atoms with Gasteiger partial charge in [0.2, 0.25) is 0 Å². The summed E-state index contributed by atoms with van der Waals surface area (Å²) in [6.45, 7) is 4.09. The maximum Gasteiger partial charge on any atom is 0.254 e. The molecule has 0 spiro atoms. The average molecular weight is 629 g/mol. The van der Waals surface area contributed by atoms with Crippen molar-refractivity contribution in [2.24, 2.45) is 5.73 Å². The third-order valence-electron chi connectivity index (χ3n) is 5.57. The smallest absolute Gasteiger partial charge is 0.254 e. The molecular weight excluding hydrogens is 604 g/mol. The summed E-state index contributed by atoms with van der Waals surface area (Å²) in [7, 11) is 0. The maximum atomic E-state index is 14.1. The Labute approximate surface area is 241 Å². The molecule has 0 bridgehead atoms. The highest BCUT2D eigenvalue weighted by Gasteiger charge is 2.19. The standard InChI is InChI=1S/C18H14F2N2O2S.C11H10BrNS/c1-10-2-4-11(5-3-10)13-9-25-15(22-13)8-24-14-7-6-12(19)16(17(14)20)18(21)23;1-8-2-4-9(5-3-8)10-7-14-11(6-12)13-10/h2-7,9H,8H2,1H3,(H2,21,23);2-5,7H,6H2,1H3. The summed E-state index contributed by atoms with van der Waals surface area (Å²) in [5.74, 6) is -3.56. The molecular formula is C29H24BrF2N3O2S2. The zero-order valence-corrected chi connectivity index (χ0v) is 24.3. The molecule has 10 heteroatoms. The van der Waals surface area contributed by atoms with E-state index in [4.69, 9.17) is 10.5 Å². The summed E-state index contributed by atoms with van der Waals surface area (Å²) in [5.41, 5.74) is 10.6. The van der Waals surface area contributed by atoms with Gasteiger partial charge in [-0.1, -0.05) is 75.6 Å². The molecule has 0 aliphatic carbocycles. The normalized spacial score (nSPS) is 10.6. The van der Waals surface area contributed by atoms with E-state index in [1.165, 1.54) is 22.5 Å². The number of aryl methyl sites for hydroxylation is 2. The zero-order chi connectivity index (χ0) is 27.9. The second-order valence-corrected chi connectivity index (χ2v) is 11.0. The van der Waals surface area contributed by atoms with Crippen molar-refractivity contribution in [1.29, 1.82) is 0 Å². The fourth-order valence-corrected chi connectivity index (χ4v) is 5.36. The van der Waals surface area contributed by atoms with Crippen LogP contribution in [0.4, 0.5) is 8.78 Å². The Morgan fingerprint density at radius 1 is 0.846 bits per heavy atom. The molecule has 200 valence electrons. The molecule has 0 fully saturated rings. The first-order chi connectivity index (χ1) is 18.7. The molecule has 39 heavy (non-hydrogen) atoms. The highest BCUT2D eigenvalue weighted by molar-refractivity contribution is 9.08. The van der Waals surface area contributed by atoms with Crippen LogP contribution >= 0.6 is 38.6 Å². The van der Waals surface area contributed by atoms with Gasteiger partial charge in [0.25, 0.3) is 5.91 Å². The average Bonchev–Trinajstić information content (AvgIpc) is 3.60. The van der Waals surface area contributed by atoms with Crippen molar-refractivity contribution >= 4 is 44.5 Å². The molecule has 5 rings (SSSR count). The largest absolute Gasteiger partial charge is 0.483 e. The summed E-state index contributed by atoms with van der Waals surface area (Å²) in [5, 5.41) is 6.56. The van der Waals surface area contributed by atoms with Gasteiger partial charge in [-0.3, -0.25) is 4.79 Å². The fourth-order valence-electron chi connectivity index (χ4n) is 3.47. The topological polar surface area (TPSA) is 78.1 Å². The minimum absolute atomic E-state index is 0.00270. The summed E-state index contributed by atoms with van der Waals surface area (Å²) in [6, 6.07) is 18.4. The van der Waals surface area contributed by atoms with E-state index < -0.39 is 23.1 Å². The van der Waals surface area contributed by atoms with Crippen molar-refractivity contribution in [3.8, 4) is 28.3 Å². The number of hydrogen-bond acceptors (Lipinski definition) is 6. The van der Waals surface area contributed by atoms with Crippen molar-refractivity contribution in [3.63, 3.8) is 0 Å². The van der Waals surface area contributed by atoms with Crippen LogP contribution in [-0.4, -0.2) is 15.9 Å². The zero-order valence-electron chi connectivity index (χ0n) is 21.1. The van der Waals surface area contributed by atoms with Gasteiger partial charge in [0.15, 0.2) is 11.6 Å². The fraction of sp³-hybridized carbons (Fsp3) is 0.138. The molecule has 2 aromatic heterocycles. The molecule has 0 unspecified atom stereocenters. The number of halogens is 3. The maximum absolute atomic E-state index is 14.1. The highest BCUT2D eigenvalue weighted by Crippen LogP contribution is 2.27. The Hall–Kier alpha value is -3.47. The van der Waals surface area contributed by atoms with Crippen molar-refractivity contribution in [1.82, 2.24) is 9.97 Å². The van der Waals surface area contributed by atoms with Crippen LogP contribution in [0.15, 0.2) is 71.4 Å². The van der Waals surface area contributed by atoms with Gasteiger partial charge in [-0.15, -0.1) is 22.7 Å². The first kappa shape index (κ1) is 28.5. The van der Waals surface area contributed by atoms with Gasteiger partial charge in [0.05, 0.1) is 16.7 Å². The van der Waals surface area contributed by atoms with Gasteiger partial charge in [-0.05, 0) is 26.0 Å². The van der Waals surface area contributed by atoms with Crippen LogP contribution in [-0.2, 0) is 11.9 Å². The summed E-state index contributed by atoms with van der Waals surface area (Å²) in [6.07, 6.45) is 0. The molecule has 0 aliphatic rings. The number of aromatic nitrogens is 2. The van der Waals surface area contributed by atoms with E-state index in [1.54, 1.807) is 11.3 Å². The summed E-state index contributed by atoms with van der Waals surface area (Å²) < 4.78 is 32.9. The molecule has 2 N–H and O–H groups in total. The lowest BCUT2D eigenvalue weighted by Crippen LogP contribution is -2.16. The highest BCUT2D eigenvalue weighted by atomic mass is 79.9. The quantitative estimate of drug-likeness (QED) is 0.185. The van der Waals surface area contributed by atoms with E-state index in [0.717, 1.165) is 45.0 Å². The lowest BCUT2D eigenvalue weighted by atomic mass is 10.1. The van der Waals surface area contributed by atoms with E-state index in [9.17, 15) is 13.6 Å². The van der Waals surface area contributed by atoms with Gasteiger partial charge in [0.1, 0.15) is 28.0 Å². The molecule has 3 aromatic carbocycles. The molecule has 2 heterocycles. The van der Waals surface area contributed by atoms with E-state index in [1.807, 2.05) is 36.6 Å². The number of hydrogen-bond donors (Lipinski definition) is 1. The lowest BCUT2D eigenvalue weighted by molar-refractivity contribution is 0.0991. The van der Waals surface area contributed by atoms with Crippen LogP contribution in [0.2, 0.25) is 0 Å². The number of alkyl halides is 1. The number of nitrogens with zero attached hydrogens (tertiary/aromatic N) is 2.